The topological polar surface area (TPSA) is 76.6 Å². The Hall–Kier alpha value is -2.67. The average Bonchev–Trinajstić information content (AvgIpc) is 3.51. The fourth-order valence-electron chi connectivity index (χ4n) is 3.81. The minimum absolute atomic E-state index is 0.146. The molecule has 0 radical (unpaired) electrons. The molecule has 7 heteroatoms. The van der Waals surface area contributed by atoms with Gasteiger partial charge in [-0.1, -0.05) is 0 Å². The van der Waals surface area contributed by atoms with Gasteiger partial charge in [-0.25, -0.2) is 4.98 Å². The van der Waals surface area contributed by atoms with Crippen LogP contribution >= 0.6 is 0 Å². The van der Waals surface area contributed by atoms with Crippen LogP contribution in [0.1, 0.15) is 40.5 Å². The smallest absolute Gasteiger partial charge is 0.222 e. The Labute approximate surface area is 177 Å². The first-order chi connectivity index (χ1) is 14.3. The second-order valence-electron chi connectivity index (χ2n) is 9.05. The van der Waals surface area contributed by atoms with Gasteiger partial charge >= 0.3 is 0 Å². The van der Waals surface area contributed by atoms with Gasteiger partial charge in [0.25, 0.3) is 0 Å². The summed E-state index contributed by atoms with van der Waals surface area (Å²) in [6.45, 7) is 9.80. The van der Waals surface area contributed by atoms with Crippen LogP contribution in [0.25, 0.3) is 11.1 Å². The van der Waals surface area contributed by atoms with Crippen molar-refractivity contribution in [2.45, 2.75) is 52.2 Å². The highest BCUT2D eigenvalue weighted by Gasteiger charge is 2.38. The van der Waals surface area contributed by atoms with Gasteiger partial charge in [-0.2, -0.15) is 4.98 Å². The number of hydrogen-bond donors (Lipinski definition) is 1. The Balaban J connectivity index is 1.73. The number of carbonyl (C=O) groups is 1. The molecule has 0 bridgehead atoms. The normalized spacial score (nSPS) is 19.5. The second kappa shape index (κ2) is 8.22. The van der Waals surface area contributed by atoms with E-state index in [1.165, 1.54) is 19.8 Å². The molecular weight excluding hydrogens is 380 g/mol. The number of ether oxygens (including phenoxy) is 2. The van der Waals surface area contributed by atoms with Crippen molar-refractivity contribution in [3.63, 3.8) is 0 Å². The van der Waals surface area contributed by atoms with E-state index in [1.807, 2.05) is 39.0 Å². The lowest BCUT2D eigenvalue weighted by molar-refractivity contribution is -0.114. The van der Waals surface area contributed by atoms with Gasteiger partial charge in [0.05, 0.1) is 19.3 Å². The molecule has 1 unspecified atom stereocenters. The lowest BCUT2D eigenvalue weighted by atomic mass is 10.1. The Morgan fingerprint density at radius 1 is 1.23 bits per heavy atom. The van der Waals surface area contributed by atoms with Crippen molar-refractivity contribution in [2.24, 2.45) is 5.92 Å². The summed E-state index contributed by atoms with van der Waals surface area (Å²) in [5.41, 5.74) is 1.57. The van der Waals surface area contributed by atoms with Gasteiger partial charge in [-0.3, -0.25) is 4.79 Å². The van der Waals surface area contributed by atoms with E-state index in [9.17, 15) is 4.79 Å². The summed E-state index contributed by atoms with van der Waals surface area (Å²) in [6, 6.07) is 8.22. The van der Waals surface area contributed by atoms with Crippen LogP contribution in [0.2, 0.25) is 0 Å². The van der Waals surface area contributed by atoms with Gasteiger partial charge in [-0.05, 0) is 68.9 Å². The molecule has 1 aliphatic carbocycles. The van der Waals surface area contributed by atoms with Gasteiger partial charge in [0, 0.05) is 25.7 Å². The van der Waals surface area contributed by atoms with Crippen LogP contribution in [0.5, 0.6) is 5.88 Å². The van der Waals surface area contributed by atoms with Crippen LogP contribution in [-0.4, -0.2) is 47.3 Å². The van der Waals surface area contributed by atoms with Crippen molar-refractivity contribution in [1.82, 2.24) is 9.97 Å². The molecule has 0 spiro atoms. The van der Waals surface area contributed by atoms with Gasteiger partial charge in [0.15, 0.2) is 0 Å². The van der Waals surface area contributed by atoms with Crippen LogP contribution in [0.3, 0.4) is 0 Å². The molecule has 7 nitrogen and oxygen atoms in total. The number of aromatic nitrogens is 2. The van der Waals surface area contributed by atoms with Crippen molar-refractivity contribution >= 4 is 17.5 Å². The molecular formula is C23H30N4O3. The van der Waals surface area contributed by atoms with Crippen LogP contribution in [0.4, 0.5) is 11.6 Å². The fourth-order valence-corrected chi connectivity index (χ4v) is 3.81. The molecule has 1 amide bonds. The van der Waals surface area contributed by atoms with E-state index in [-0.39, 0.29) is 11.5 Å². The highest BCUT2D eigenvalue weighted by molar-refractivity contribution is 5.88. The number of rotatable bonds is 5. The summed E-state index contributed by atoms with van der Waals surface area (Å²) in [5, 5.41) is 2.75. The predicted molar refractivity (Wildman–Crippen MR) is 117 cm³/mol. The monoisotopic (exact) mass is 410 g/mol. The Morgan fingerprint density at radius 2 is 2.03 bits per heavy atom. The summed E-state index contributed by atoms with van der Waals surface area (Å²) in [5.74, 6) is 2.56. The van der Waals surface area contributed by atoms with E-state index in [0.29, 0.717) is 30.3 Å². The summed E-state index contributed by atoms with van der Waals surface area (Å²) >= 11 is 0. The molecule has 2 fully saturated rings. The number of hydrogen-bond acceptors (Lipinski definition) is 6. The zero-order valence-electron chi connectivity index (χ0n) is 18.1. The summed E-state index contributed by atoms with van der Waals surface area (Å²) in [7, 11) is 0. The third kappa shape index (κ3) is 5.08. The van der Waals surface area contributed by atoms with Crippen LogP contribution in [0, 0.1) is 5.92 Å². The third-order valence-electron chi connectivity index (χ3n) is 5.22. The maximum absolute atomic E-state index is 11.4. The molecule has 2 aromatic heterocycles. The quantitative estimate of drug-likeness (QED) is 0.806. The predicted octanol–water partition coefficient (Wildman–Crippen LogP) is 3.89. The van der Waals surface area contributed by atoms with E-state index in [0.717, 1.165) is 30.1 Å². The molecule has 1 N–H and O–H groups in total. The van der Waals surface area contributed by atoms with Gasteiger partial charge in [0.2, 0.25) is 11.8 Å². The first kappa shape index (κ1) is 20.6. The van der Waals surface area contributed by atoms with E-state index in [4.69, 9.17) is 14.5 Å². The molecule has 1 saturated carbocycles. The molecule has 3 heterocycles. The summed E-state index contributed by atoms with van der Waals surface area (Å²) < 4.78 is 11.9. The number of nitrogens with one attached hydrogen (secondary N) is 1. The maximum Gasteiger partial charge on any atom is 0.222 e. The number of anilines is 2. The van der Waals surface area contributed by atoms with Crippen molar-refractivity contribution in [3.8, 4) is 17.0 Å². The number of morpholine rings is 1. The van der Waals surface area contributed by atoms with Crippen molar-refractivity contribution in [3.05, 3.63) is 30.5 Å². The van der Waals surface area contributed by atoms with E-state index < -0.39 is 0 Å². The van der Waals surface area contributed by atoms with Gasteiger partial charge in [0.1, 0.15) is 17.2 Å². The zero-order chi connectivity index (χ0) is 21.3. The molecule has 1 aliphatic heterocycles. The minimum atomic E-state index is -0.358. The minimum Gasteiger partial charge on any atom is -0.472 e. The first-order valence-corrected chi connectivity index (χ1v) is 10.6. The second-order valence-corrected chi connectivity index (χ2v) is 9.05. The van der Waals surface area contributed by atoms with Gasteiger partial charge in [-0.15, -0.1) is 0 Å². The molecule has 1 saturated heterocycles. The van der Waals surface area contributed by atoms with Crippen LogP contribution in [0.15, 0.2) is 30.5 Å². The molecule has 160 valence electrons. The lowest BCUT2D eigenvalue weighted by Gasteiger charge is -2.37. The molecule has 4 rings (SSSR count). The first-order valence-electron chi connectivity index (χ1n) is 10.6. The highest BCUT2D eigenvalue weighted by atomic mass is 16.5. The lowest BCUT2D eigenvalue weighted by Crippen LogP contribution is -2.47. The average molecular weight is 411 g/mol. The largest absolute Gasteiger partial charge is 0.472 e. The summed E-state index contributed by atoms with van der Waals surface area (Å²) in [6.07, 6.45) is 4.20. The standard InChI is InChI=1S/C23H30N4O3/c1-15(28)25-20-11-17(7-8-24-20)18-12-21(26-22(13-18)30-23(2,3)4)27-9-10-29-14-19(27)16-5-6-16/h7-8,11-13,16,19H,5-6,9-10,14H2,1-4H3,(H,24,25,28). The molecule has 30 heavy (non-hydrogen) atoms. The molecule has 1 atom stereocenters. The SMILES string of the molecule is CC(=O)Nc1cc(-c2cc(OC(C)(C)C)nc(N3CCOCC3C3CC3)c2)ccn1. The maximum atomic E-state index is 11.4. The van der Waals surface area contributed by atoms with Crippen LogP contribution < -0.4 is 15.0 Å². The molecule has 2 aliphatic rings. The number of nitrogens with zero attached hydrogens (tertiary/aromatic N) is 3. The van der Waals surface area contributed by atoms with E-state index >= 15 is 0 Å². The highest BCUT2D eigenvalue weighted by Crippen LogP contribution is 2.39. The van der Waals surface area contributed by atoms with E-state index in [1.54, 1.807) is 6.20 Å². The number of amides is 1. The van der Waals surface area contributed by atoms with Crippen LogP contribution in [-0.2, 0) is 9.53 Å². The van der Waals surface area contributed by atoms with E-state index in [2.05, 4.69) is 21.3 Å². The number of carbonyl (C=O) groups excluding carboxylic acids is 1. The molecule has 0 aromatic carbocycles. The molecule has 2 aromatic rings. The Morgan fingerprint density at radius 3 is 2.73 bits per heavy atom. The summed E-state index contributed by atoms with van der Waals surface area (Å²) in [4.78, 5) is 22.9. The Bertz CT molecular complexity index is 921. The zero-order valence-corrected chi connectivity index (χ0v) is 18.1. The Kier molecular flexibility index (Phi) is 5.64. The van der Waals surface area contributed by atoms with Crippen molar-refractivity contribution < 1.29 is 14.3 Å². The number of pyridine rings is 2. The van der Waals surface area contributed by atoms with Crippen molar-refractivity contribution in [1.29, 1.82) is 0 Å². The van der Waals surface area contributed by atoms with Crippen molar-refractivity contribution in [2.75, 3.05) is 30.0 Å². The van der Waals surface area contributed by atoms with Gasteiger partial charge < -0.3 is 19.7 Å². The fraction of sp³-hybridized carbons (Fsp3) is 0.522. The third-order valence-corrected chi connectivity index (χ3v) is 5.22.